The molecule has 0 spiro atoms. The highest BCUT2D eigenvalue weighted by molar-refractivity contribution is 6.04. The third kappa shape index (κ3) is 6.78. The minimum Gasteiger partial charge on any atom is -0.494 e. The lowest BCUT2D eigenvalue weighted by atomic mass is 9.97. The predicted octanol–water partition coefficient (Wildman–Crippen LogP) is 5.90. The number of hydrogen-bond acceptors (Lipinski definition) is 4. The molecule has 0 aliphatic carbocycles. The van der Waals surface area contributed by atoms with Crippen molar-refractivity contribution in [1.29, 1.82) is 0 Å². The number of urea groups is 1. The van der Waals surface area contributed by atoms with Gasteiger partial charge in [-0.2, -0.15) is 0 Å². The molecule has 4 rings (SSSR count). The minimum absolute atomic E-state index is 0.164. The molecule has 1 fully saturated rings. The molecule has 1 aliphatic rings. The summed E-state index contributed by atoms with van der Waals surface area (Å²) < 4.78 is 5.44. The van der Waals surface area contributed by atoms with Gasteiger partial charge in [0.05, 0.1) is 12.2 Å². The first-order valence-electron chi connectivity index (χ1n) is 12.5. The molecule has 188 valence electrons. The third-order valence-electron chi connectivity index (χ3n) is 6.34. The highest BCUT2D eigenvalue weighted by Crippen LogP contribution is 2.29. The van der Waals surface area contributed by atoms with E-state index in [1.807, 2.05) is 61.5 Å². The average Bonchev–Trinajstić information content (AvgIpc) is 2.90. The molecule has 1 heterocycles. The summed E-state index contributed by atoms with van der Waals surface area (Å²) in [6.07, 6.45) is 2.19. The van der Waals surface area contributed by atoms with E-state index in [1.165, 1.54) is 0 Å². The van der Waals surface area contributed by atoms with Crippen molar-refractivity contribution < 1.29 is 14.3 Å². The maximum Gasteiger partial charge on any atom is 0.323 e. The van der Waals surface area contributed by atoms with Gasteiger partial charge in [-0.1, -0.05) is 37.3 Å². The SMILES string of the molecule is CCOc1ccc(NC(=O)Nc2ccc(N3CCC(C)CC3)c(C(=O)NCc3ccccc3)c2)cc1. The minimum atomic E-state index is -0.380. The van der Waals surface area contributed by atoms with E-state index >= 15 is 0 Å². The van der Waals surface area contributed by atoms with Crippen molar-refractivity contribution >= 4 is 29.0 Å². The van der Waals surface area contributed by atoms with Gasteiger partial charge in [0.1, 0.15) is 5.75 Å². The molecule has 0 aromatic heterocycles. The van der Waals surface area contributed by atoms with Crippen LogP contribution in [0.15, 0.2) is 72.8 Å². The van der Waals surface area contributed by atoms with Gasteiger partial charge in [0.25, 0.3) is 5.91 Å². The number of amides is 3. The van der Waals surface area contributed by atoms with Crippen LogP contribution in [-0.2, 0) is 6.54 Å². The van der Waals surface area contributed by atoms with E-state index in [9.17, 15) is 9.59 Å². The van der Waals surface area contributed by atoms with Crippen molar-refractivity contribution in [2.45, 2.75) is 33.2 Å². The lowest BCUT2D eigenvalue weighted by Gasteiger charge is -2.33. The fourth-order valence-electron chi connectivity index (χ4n) is 4.29. The zero-order chi connectivity index (χ0) is 25.3. The Morgan fingerprint density at radius 2 is 1.58 bits per heavy atom. The van der Waals surface area contributed by atoms with E-state index in [0.29, 0.717) is 36.0 Å². The molecule has 1 saturated heterocycles. The van der Waals surface area contributed by atoms with Gasteiger partial charge >= 0.3 is 6.03 Å². The second-order valence-corrected chi connectivity index (χ2v) is 9.11. The Morgan fingerprint density at radius 3 is 2.28 bits per heavy atom. The molecule has 7 heteroatoms. The number of carbonyl (C=O) groups excluding carboxylic acids is 2. The van der Waals surface area contributed by atoms with Crippen molar-refractivity contribution in [3.8, 4) is 5.75 Å². The second-order valence-electron chi connectivity index (χ2n) is 9.11. The first kappa shape index (κ1) is 25.1. The van der Waals surface area contributed by atoms with E-state index in [4.69, 9.17) is 4.74 Å². The predicted molar refractivity (Wildman–Crippen MR) is 145 cm³/mol. The van der Waals surface area contributed by atoms with Crippen LogP contribution in [0.3, 0.4) is 0 Å². The second kappa shape index (κ2) is 12.1. The van der Waals surface area contributed by atoms with Gasteiger partial charge in [0.15, 0.2) is 0 Å². The van der Waals surface area contributed by atoms with Crippen molar-refractivity contribution in [3.63, 3.8) is 0 Å². The Morgan fingerprint density at radius 1 is 0.917 bits per heavy atom. The van der Waals surface area contributed by atoms with Crippen LogP contribution >= 0.6 is 0 Å². The van der Waals surface area contributed by atoms with Crippen LogP contribution in [0.4, 0.5) is 21.9 Å². The van der Waals surface area contributed by atoms with Gasteiger partial charge in [0, 0.05) is 36.7 Å². The summed E-state index contributed by atoms with van der Waals surface area (Å²) >= 11 is 0. The number of hydrogen-bond donors (Lipinski definition) is 3. The molecule has 36 heavy (non-hydrogen) atoms. The molecule has 0 saturated carbocycles. The number of carbonyl (C=O) groups is 2. The van der Waals surface area contributed by atoms with Crippen LogP contribution in [0.25, 0.3) is 0 Å². The molecule has 3 aromatic rings. The normalized spacial score (nSPS) is 13.7. The summed E-state index contributed by atoms with van der Waals surface area (Å²) in [4.78, 5) is 28.2. The largest absolute Gasteiger partial charge is 0.494 e. The Balaban J connectivity index is 1.48. The highest BCUT2D eigenvalue weighted by atomic mass is 16.5. The van der Waals surface area contributed by atoms with E-state index in [-0.39, 0.29) is 11.9 Å². The molecule has 0 unspecified atom stereocenters. The Hall–Kier alpha value is -4.00. The number of nitrogens with zero attached hydrogens (tertiary/aromatic N) is 1. The molecule has 0 radical (unpaired) electrons. The van der Waals surface area contributed by atoms with E-state index in [1.54, 1.807) is 18.2 Å². The van der Waals surface area contributed by atoms with E-state index < -0.39 is 0 Å². The average molecular weight is 487 g/mol. The summed E-state index contributed by atoms with van der Waals surface area (Å²) in [7, 11) is 0. The van der Waals surface area contributed by atoms with Crippen LogP contribution in [0, 0.1) is 5.92 Å². The molecule has 0 atom stereocenters. The fraction of sp³-hybridized carbons (Fsp3) is 0.310. The smallest absolute Gasteiger partial charge is 0.323 e. The lowest BCUT2D eigenvalue weighted by Crippen LogP contribution is -2.35. The quantitative estimate of drug-likeness (QED) is 0.370. The van der Waals surface area contributed by atoms with Gasteiger partial charge < -0.3 is 25.6 Å². The van der Waals surface area contributed by atoms with E-state index in [0.717, 1.165) is 42.9 Å². The Bertz CT molecular complexity index is 1160. The molecule has 7 nitrogen and oxygen atoms in total. The maximum atomic E-state index is 13.3. The van der Waals surface area contributed by atoms with Crippen molar-refractivity contribution in [2.75, 3.05) is 35.2 Å². The van der Waals surface area contributed by atoms with Crippen LogP contribution in [0.2, 0.25) is 0 Å². The first-order chi connectivity index (χ1) is 17.5. The Kier molecular flexibility index (Phi) is 8.44. The molecular weight excluding hydrogens is 452 g/mol. The van der Waals surface area contributed by atoms with E-state index in [2.05, 4.69) is 27.8 Å². The summed E-state index contributed by atoms with van der Waals surface area (Å²) in [6, 6.07) is 22.2. The molecule has 3 aromatic carbocycles. The standard InChI is InChI=1S/C29H34N4O3/c1-3-36-25-12-9-23(10-13-25)31-29(35)32-24-11-14-27(33-17-15-21(2)16-18-33)26(19-24)28(34)30-20-22-7-5-4-6-8-22/h4-14,19,21H,3,15-18,20H2,1-2H3,(H,30,34)(H2,31,32,35). The third-order valence-corrected chi connectivity index (χ3v) is 6.34. The number of rotatable bonds is 8. The zero-order valence-electron chi connectivity index (χ0n) is 20.9. The molecule has 3 N–H and O–H groups in total. The van der Waals surface area contributed by atoms with Gasteiger partial charge in [-0.15, -0.1) is 0 Å². The van der Waals surface area contributed by atoms with Crippen molar-refractivity contribution in [1.82, 2.24) is 5.32 Å². The summed E-state index contributed by atoms with van der Waals surface area (Å²) in [6.45, 7) is 7.02. The van der Waals surface area contributed by atoms with Crippen LogP contribution in [-0.4, -0.2) is 31.6 Å². The molecule has 1 aliphatic heterocycles. The van der Waals surface area contributed by atoms with Crippen LogP contribution < -0.4 is 25.6 Å². The van der Waals surface area contributed by atoms with Gasteiger partial charge in [0.2, 0.25) is 0 Å². The highest BCUT2D eigenvalue weighted by Gasteiger charge is 2.22. The number of benzene rings is 3. The summed E-state index contributed by atoms with van der Waals surface area (Å²) in [5, 5.41) is 8.71. The number of ether oxygens (including phenoxy) is 1. The summed E-state index contributed by atoms with van der Waals surface area (Å²) in [5.41, 5.74) is 3.68. The Labute approximate surface area is 212 Å². The lowest BCUT2D eigenvalue weighted by molar-refractivity contribution is 0.0951. The topological polar surface area (TPSA) is 82.7 Å². The monoisotopic (exact) mass is 486 g/mol. The fourth-order valence-corrected chi connectivity index (χ4v) is 4.29. The molecule has 0 bridgehead atoms. The van der Waals surface area contributed by atoms with Gasteiger partial charge in [-0.3, -0.25) is 4.79 Å². The summed E-state index contributed by atoms with van der Waals surface area (Å²) in [5.74, 6) is 1.27. The van der Waals surface area contributed by atoms with Gasteiger partial charge in [-0.05, 0) is 73.7 Å². The van der Waals surface area contributed by atoms with Crippen LogP contribution in [0.5, 0.6) is 5.75 Å². The number of piperidine rings is 1. The van der Waals surface area contributed by atoms with Crippen LogP contribution in [0.1, 0.15) is 42.6 Å². The zero-order valence-corrected chi connectivity index (χ0v) is 20.9. The number of nitrogens with one attached hydrogen (secondary N) is 3. The maximum absolute atomic E-state index is 13.3. The molecule has 3 amide bonds. The number of anilines is 3. The molecular formula is C29H34N4O3. The van der Waals surface area contributed by atoms with Gasteiger partial charge in [-0.25, -0.2) is 4.79 Å². The first-order valence-corrected chi connectivity index (χ1v) is 12.5. The van der Waals surface area contributed by atoms with Crippen molar-refractivity contribution in [3.05, 3.63) is 83.9 Å². The van der Waals surface area contributed by atoms with Crippen molar-refractivity contribution in [2.24, 2.45) is 5.92 Å².